The Morgan fingerprint density at radius 3 is 2.55 bits per heavy atom. The summed E-state index contributed by atoms with van der Waals surface area (Å²) in [6.45, 7) is 4.58. The van der Waals surface area contributed by atoms with Crippen molar-refractivity contribution in [3.05, 3.63) is 33.3 Å². The molecule has 0 radical (unpaired) electrons. The number of rotatable bonds is 1. The molecular weight excluding hydrogens is 344 g/mol. The number of carbonyl (C=O) groups excluding carboxylic acids is 2. The van der Waals surface area contributed by atoms with Crippen LogP contribution in [0.1, 0.15) is 24.2 Å². The molecule has 1 aliphatic heterocycles. The Hall–Kier alpha value is -1.07. The molecule has 0 N–H and O–H groups in total. The smallest absolute Gasteiger partial charge is 0.254 e. The fourth-order valence-corrected chi connectivity index (χ4v) is 3.26. The Kier molecular flexibility index (Phi) is 4.12. The predicted octanol–water partition coefficient (Wildman–Crippen LogP) is 2.80. The van der Waals surface area contributed by atoms with E-state index in [-0.39, 0.29) is 11.8 Å². The fourth-order valence-electron chi connectivity index (χ4n) is 2.40. The lowest BCUT2D eigenvalue weighted by Gasteiger charge is -2.44. The molecule has 0 aliphatic carbocycles. The number of likely N-dealkylation sites (N-methyl/N-ethyl adjacent to an activating group) is 1. The van der Waals surface area contributed by atoms with Crippen molar-refractivity contribution in [2.75, 3.05) is 20.1 Å². The molecule has 2 amide bonds. The van der Waals surface area contributed by atoms with Crippen LogP contribution in [-0.2, 0) is 4.79 Å². The first-order chi connectivity index (χ1) is 9.23. The topological polar surface area (TPSA) is 40.6 Å². The maximum Gasteiger partial charge on any atom is 0.254 e. The summed E-state index contributed by atoms with van der Waals surface area (Å²) in [5.41, 5.74) is -0.367. The predicted molar refractivity (Wildman–Crippen MR) is 81.9 cm³/mol. The van der Waals surface area contributed by atoms with Crippen LogP contribution in [0.25, 0.3) is 0 Å². The van der Waals surface area contributed by atoms with E-state index in [4.69, 9.17) is 11.6 Å². The molecule has 0 spiro atoms. The van der Waals surface area contributed by atoms with E-state index >= 15 is 0 Å². The van der Waals surface area contributed by atoms with Gasteiger partial charge in [-0.1, -0.05) is 27.5 Å². The van der Waals surface area contributed by atoms with Gasteiger partial charge in [-0.3, -0.25) is 9.59 Å². The summed E-state index contributed by atoms with van der Waals surface area (Å²) in [7, 11) is 1.75. The maximum atomic E-state index is 12.6. The van der Waals surface area contributed by atoms with E-state index < -0.39 is 5.54 Å². The van der Waals surface area contributed by atoms with E-state index in [2.05, 4.69) is 15.9 Å². The maximum absolute atomic E-state index is 12.6. The second-order valence-corrected chi connectivity index (χ2v) is 6.75. The average molecular weight is 360 g/mol. The highest BCUT2D eigenvalue weighted by molar-refractivity contribution is 9.10. The Balaban J connectivity index is 2.35. The van der Waals surface area contributed by atoms with Gasteiger partial charge in [-0.25, -0.2) is 0 Å². The summed E-state index contributed by atoms with van der Waals surface area (Å²) >= 11 is 9.31. The number of hydrogen-bond acceptors (Lipinski definition) is 2. The van der Waals surface area contributed by atoms with Gasteiger partial charge in [0.25, 0.3) is 5.91 Å². The summed E-state index contributed by atoms with van der Waals surface area (Å²) in [5, 5.41) is 0.487. The molecule has 0 aromatic heterocycles. The van der Waals surface area contributed by atoms with Crippen LogP contribution in [-0.4, -0.2) is 47.3 Å². The third kappa shape index (κ3) is 2.69. The molecule has 1 aliphatic rings. The van der Waals surface area contributed by atoms with Crippen molar-refractivity contribution in [2.24, 2.45) is 0 Å². The van der Waals surface area contributed by atoms with Crippen LogP contribution in [0.15, 0.2) is 22.7 Å². The molecule has 1 heterocycles. The zero-order valence-electron chi connectivity index (χ0n) is 11.6. The van der Waals surface area contributed by atoms with Gasteiger partial charge in [-0.2, -0.15) is 0 Å². The quantitative estimate of drug-likeness (QED) is 0.773. The van der Waals surface area contributed by atoms with Gasteiger partial charge in [-0.05, 0) is 32.0 Å². The molecule has 6 heteroatoms. The lowest BCUT2D eigenvalue weighted by molar-refractivity contribution is -0.144. The van der Waals surface area contributed by atoms with Gasteiger partial charge in [0.15, 0.2) is 0 Å². The minimum Gasteiger partial charge on any atom is -0.342 e. The van der Waals surface area contributed by atoms with E-state index in [1.165, 1.54) is 0 Å². The van der Waals surface area contributed by atoms with E-state index in [0.29, 0.717) is 23.7 Å². The first-order valence-electron chi connectivity index (χ1n) is 6.27. The van der Waals surface area contributed by atoms with Crippen molar-refractivity contribution in [1.82, 2.24) is 9.80 Å². The summed E-state index contributed by atoms with van der Waals surface area (Å²) in [4.78, 5) is 28.1. The number of halogens is 2. The second-order valence-electron chi connectivity index (χ2n) is 5.40. The number of hydrogen-bond donors (Lipinski definition) is 0. The van der Waals surface area contributed by atoms with Gasteiger partial charge in [-0.15, -0.1) is 0 Å². The number of amides is 2. The van der Waals surface area contributed by atoms with Gasteiger partial charge in [0.1, 0.15) is 5.54 Å². The van der Waals surface area contributed by atoms with Crippen LogP contribution in [0.3, 0.4) is 0 Å². The van der Waals surface area contributed by atoms with Crippen molar-refractivity contribution in [3.8, 4) is 0 Å². The molecule has 0 saturated carbocycles. The van der Waals surface area contributed by atoms with Crippen LogP contribution in [0, 0.1) is 0 Å². The molecule has 1 aromatic rings. The van der Waals surface area contributed by atoms with Crippen LogP contribution in [0.4, 0.5) is 0 Å². The first kappa shape index (κ1) is 15.3. The van der Waals surface area contributed by atoms with Gasteiger partial charge in [0.2, 0.25) is 5.91 Å². The summed E-state index contributed by atoms with van der Waals surface area (Å²) in [5.74, 6) is -0.238. The molecule has 1 saturated heterocycles. The molecule has 0 atom stereocenters. The molecule has 4 nitrogen and oxygen atoms in total. The van der Waals surface area contributed by atoms with Crippen LogP contribution in [0.2, 0.25) is 5.02 Å². The van der Waals surface area contributed by atoms with Crippen LogP contribution < -0.4 is 0 Å². The molecule has 1 aromatic carbocycles. The Labute approximate surface area is 131 Å². The number of benzene rings is 1. The Morgan fingerprint density at radius 1 is 1.30 bits per heavy atom. The molecule has 0 bridgehead atoms. The lowest BCUT2D eigenvalue weighted by Crippen LogP contribution is -2.63. The van der Waals surface area contributed by atoms with E-state index in [0.717, 1.165) is 4.47 Å². The Morgan fingerprint density at radius 2 is 1.95 bits per heavy atom. The third-order valence-corrected chi connectivity index (χ3v) is 4.23. The third-order valence-electron chi connectivity index (χ3n) is 3.56. The molecule has 1 fully saturated rings. The first-order valence-corrected chi connectivity index (χ1v) is 7.44. The fraction of sp³-hybridized carbons (Fsp3) is 0.429. The number of piperazine rings is 1. The normalized spacial score (nSPS) is 18.4. The van der Waals surface area contributed by atoms with Crippen LogP contribution in [0.5, 0.6) is 0 Å². The largest absolute Gasteiger partial charge is 0.342 e. The standard InChI is InChI=1S/C14H16BrClN2O2/c1-14(2)13(20)17(3)4-5-18(14)12(19)9-6-10(15)8-11(16)7-9/h6-8H,4-5H2,1-3H3. The van der Waals surface area contributed by atoms with Crippen molar-refractivity contribution < 1.29 is 9.59 Å². The number of nitrogens with zero attached hydrogens (tertiary/aromatic N) is 2. The van der Waals surface area contributed by atoms with Crippen molar-refractivity contribution in [3.63, 3.8) is 0 Å². The van der Waals surface area contributed by atoms with E-state index in [1.807, 2.05) is 0 Å². The van der Waals surface area contributed by atoms with Gasteiger partial charge >= 0.3 is 0 Å². The minimum absolute atomic E-state index is 0.0572. The van der Waals surface area contributed by atoms with Crippen molar-refractivity contribution in [1.29, 1.82) is 0 Å². The van der Waals surface area contributed by atoms with Crippen LogP contribution >= 0.6 is 27.5 Å². The highest BCUT2D eigenvalue weighted by Crippen LogP contribution is 2.26. The second kappa shape index (κ2) is 5.37. The van der Waals surface area contributed by atoms with E-state index in [1.54, 1.807) is 48.9 Å². The highest BCUT2D eigenvalue weighted by Gasteiger charge is 2.43. The molecular formula is C14H16BrClN2O2. The van der Waals surface area contributed by atoms with Gasteiger partial charge < -0.3 is 9.80 Å². The monoisotopic (exact) mass is 358 g/mol. The summed E-state index contributed by atoms with van der Waals surface area (Å²) in [6, 6.07) is 5.05. The van der Waals surface area contributed by atoms with Gasteiger partial charge in [0.05, 0.1) is 0 Å². The molecule has 108 valence electrons. The SMILES string of the molecule is CN1CCN(C(=O)c2cc(Cl)cc(Br)c2)C(C)(C)C1=O. The summed E-state index contributed by atoms with van der Waals surface area (Å²) < 4.78 is 0.742. The van der Waals surface area contributed by atoms with E-state index in [9.17, 15) is 9.59 Å². The Bertz CT molecular complexity index is 554. The summed E-state index contributed by atoms with van der Waals surface area (Å²) in [6.07, 6.45) is 0. The van der Waals surface area contributed by atoms with Crippen molar-refractivity contribution >= 4 is 39.3 Å². The molecule has 2 rings (SSSR count). The zero-order valence-corrected chi connectivity index (χ0v) is 14.0. The molecule has 0 unspecified atom stereocenters. The lowest BCUT2D eigenvalue weighted by atomic mass is 9.96. The zero-order chi connectivity index (χ0) is 15.1. The van der Waals surface area contributed by atoms with Crippen molar-refractivity contribution in [2.45, 2.75) is 19.4 Å². The van der Waals surface area contributed by atoms with Gasteiger partial charge in [0, 0.05) is 35.2 Å². The molecule has 20 heavy (non-hydrogen) atoms. The average Bonchev–Trinajstić information content (AvgIpc) is 2.34. The number of carbonyl (C=O) groups is 2. The minimum atomic E-state index is -0.848. The highest BCUT2D eigenvalue weighted by atomic mass is 79.9.